The van der Waals surface area contributed by atoms with Crippen molar-refractivity contribution >= 4 is 11.6 Å². The van der Waals surface area contributed by atoms with Gasteiger partial charge in [0, 0.05) is 12.2 Å². The predicted octanol–water partition coefficient (Wildman–Crippen LogP) is 2.24. The molecule has 0 spiro atoms. The number of aryl methyl sites for hydroxylation is 2. The van der Waals surface area contributed by atoms with Crippen molar-refractivity contribution < 1.29 is 4.79 Å². The van der Waals surface area contributed by atoms with Crippen LogP contribution in [0.2, 0.25) is 0 Å². The monoisotopic (exact) mass is 220 g/mol. The molecule has 0 aromatic heterocycles. The molecule has 0 heterocycles. The molecule has 88 valence electrons. The minimum atomic E-state index is 0.0417. The molecule has 0 aliphatic carbocycles. The van der Waals surface area contributed by atoms with Crippen LogP contribution in [0.1, 0.15) is 24.5 Å². The standard InChI is InChI=1S/C13H20N2O/c1-4-7-14-13(16)9-15-12-6-5-10(2)11(3)8-12/h5-6,8,15H,4,7,9H2,1-3H3,(H,14,16). The maximum absolute atomic E-state index is 11.4. The van der Waals surface area contributed by atoms with Crippen LogP contribution in [-0.2, 0) is 4.79 Å². The molecule has 0 aliphatic heterocycles. The van der Waals surface area contributed by atoms with Crippen molar-refractivity contribution in [2.24, 2.45) is 0 Å². The third-order valence-electron chi connectivity index (χ3n) is 2.53. The largest absolute Gasteiger partial charge is 0.376 e. The highest BCUT2D eigenvalue weighted by Crippen LogP contribution is 2.13. The molecule has 16 heavy (non-hydrogen) atoms. The Hall–Kier alpha value is -1.51. The summed E-state index contributed by atoms with van der Waals surface area (Å²) in [4.78, 5) is 11.4. The summed E-state index contributed by atoms with van der Waals surface area (Å²) >= 11 is 0. The van der Waals surface area contributed by atoms with Crippen molar-refractivity contribution in [1.29, 1.82) is 0 Å². The third kappa shape index (κ3) is 3.93. The zero-order valence-corrected chi connectivity index (χ0v) is 10.3. The number of rotatable bonds is 5. The Bertz CT molecular complexity index is 361. The minimum absolute atomic E-state index is 0.0417. The lowest BCUT2D eigenvalue weighted by Gasteiger charge is -2.08. The molecule has 0 saturated carbocycles. The van der Waals surface area contributed by atoms with Gasteiger partial charge >= 0.3 is 0 Å². The minimum Gasteiger partial charge on any atom is -0.376 e. The topological polar surface area (TPSA) is 41.1 Å². The van der Waals surface area contributed by atoms with Crippen molar-refractivity contribution in [2.75, 3.05) is 18.4 Å². The summed E-state index contributed by atoms with van der Waals surface area (Å²) in [5.74, 6) is 0.0417. The van der Waals surface area contributed by atoms with Gasteiger partial charge in [0.15, 0.2) is 0 Å². The number of carbonyl (C=O) groups is 1. The van der Waals surface area contributed by atoms with Crippen LogP contribution in [0.5, 0.6) is 0 Å². The molecule has 1 rings (SSSR count). The summed E-state index contributed by atoms with van der Waals surface area (Å²) < 4.78 is 0. The van der Waals surface area contributed by atoms with Gasteiger partial charge < -0.3 is 10.6 Å². The number of benzene rings is 1. The molecule has 3 heteroatoms. The highest BCUT2D eigenvalue weighted by Gasteiger charge is 2.00. The molecule has 0 saturated heterocycles. The van der Waals surface area contributed by atoms with Gasteiger partial charge in [-0.1, -0.05) is 13.0 Å². The summed E-state index contributed by atoms with van der Waals surface area (Å²) in [6.07, 6.45) is 0.968. The maximum atomic E-state index is 11.4. The summed E-state index contributed by atoms with van der Waals surface area (Å²) in [6, 6.07) is 6.11. The molecular weight excluding hydrogens is 200 g/mol. The molecule has 1 aromatic carbocycles. The Morgan fingerprint density at radius 1 is 1.25 bits per heavy atom. The Balaban J connectivity index is 2.42. The van der Waals surface area contributed by atoms with Crippen molar-refractivity contribution in [3.05, 3.63) is 29.3 Å². The lowest BCUT2D eigenvalue weighted by atomic mass is 10.1. The summed E-state index contributed by atoms with van der Waals surface area (Å²) in [5, 5.41) is 5.94. The van der Waals surface area contributed by atoms with E-state index in [-0.39, 0.29) is 5.91 Å². The first kappa shape index (κ1) is 12.6. The van der Waals surface area contributed by atoms with E-state index < -0.39 is 0 Å². The second-order valence-electron chi connectivity index (χ2n) is 4.00. The first-order valence-electron chi connectivity index (χ1n) is 5.71. The van der Waals surface area contributed by atoms with Gasteiger partial charge in [0.1, 0.15) is 0 Å². The van der Waals surface area contributed by atoms with Crippen LogP contribution in [0, 0.1) is 13.8 Å². The van der Waals surface area contributed by atoms with Crippen LogP contribution in [0.4, 0.5) is 5.69 Å². The molecule has 0 radical (unpaired) electrons. The van der Waals surface area contributed by atoms with E-state index in [4.69, 9.17) is 0 Å². The molecule has 0 unspecified atom stereocenters. The molecule has 0 bridgehead atoms. The van der Waals surface area contributed by atoms with E-state index in [2.05, 4.69) is 36.6 Å². The van der Waals surface area contributed by atoms with E-state index in [1.165, 1.54) is 11.1 Å². The van der Waals surface area contributed by atoms with E-state index >= 15 is 0 Å². The number of carbonyl (C=O) groups excluding carboxylic acids is 1. The zero-order valence-electron chi connectivity index (χ0n) is 10.3. The molecule has 0 atom stereocenters. The maximum Gasteiger partial charge on any atom is 0.239 e. The van der Waals surface area contributed by atoms with Crippen LogP contribution in [0.25, 0.3) is 0 Å². The fourth-order valence-corrected chi connectivity index (χ4v) is 1.36. The molecule has 0 fully saturated rings. The quantitative estimate of drug-likeness (QED) is 0.799. The van der Waals surface area contributed by atoms with E-state index in [1.54, 1.807) is 0 Å². The Kier molecular flexibility index (Phi) is 4.83. The van der Waals surface area contributed by atoms with Gasteiger partial charge in [0.25, 0.3) is 0 Å². The number of nitrogens with one attached hydrogen (secondary N) is 2. The number of amides is 1. The van der Waals surface area contributed by atoms with Crippen LogP contribution in [0.3, 0.4) is 0 Å². The summed E-state index contributed by atoms with van der Waals surface area (Å²) in [6.45, 7) is 7.26. The normalized spacial score (nSPS) is 9.94. The lowest BCUT2D eigenvalue weighted by molar-refractivity contribution is -0.119. The van der Waals surface area contributed by atoms with Crippen molar-refractivity contribution in [3.63, 3.8) is 0 Å². The lowest BCUT2D eigenvalue weighted by Crippen LogP contribution is -2.30. The van der Waals surface area contributed by atoms with Crippen LogP contribution in [0.15, 0.2) is 18.2 Å². The van der Waals surface area contributed by atoms with E-state index in [1.807, 2.05) is 13.0 Å². The molecule has 1 amide bonds. The van der Waals surface area contributed by atoms with Crippen molar-refractivity contribution in [3.8, 4) is 0 Å². The third-order valence-corrected chi connectivity index (χ3v) is 2.53. The second kappa shape index (κ2) is 6.16. The second-order valence-corrected chi connectivity index (χ2v) is 4.00. The van der Waals surface area contributed by atoms with Gasteiger partial charge in [0.2, 0.25) is 5.91 Å². The van der Waals surface area contributed by atoms with Gasteiger partial charge in [-0.05, 0) is 43.5 Å². The Morgan fingerprint density at radius 2 is 2.00 bits per heavy atom. The van der Waals surface area contributed by atoms with Gasteiger partial charge in [-0.25, -0.2) is 0 Å². The van der Waals surface area contributed by atoms with Gasteiger partial charge in [-0.15, -0.1) is 0 Å². The summed E-state index contributed by atoms with van der Waals surface area (Å²) in [7, 11) is 0. The molecule has 0 aliphatic rings. The van der Waals surface area contributed by atoms with Gasteiger partial charge in [0.05, 0.1) is 6.54 Å². The Labute approximate surface area is 97.2 Å². The first-order valence-corrected chi connectivity index (χ1v) is 5.71. The molecule has 3 nitrogen and oxygen atoms in total. The Morgan fingerprint density at radius 3 is 2.62 bits per heavy atom. The predicted molar refractivity (Wildman–Crippen MR) is 67.7 cm³/mol. The average molecular weight is 220 g/mol. The fraction of sp³-hybridized carbons (Fsp3) is 0.462. The van der Waals surface area contributed by atoms with Crippen LogP contribution < -0.4 is 10.6 Å². The number of hydrogen-bond acceptors (Lipinski definition) is 2. The summed E-state index contributed by atoms with van der Waals surface area (Å²) in [5.41, 5.74) is 3.50. The zero-order chi connectivity index (χ0) is 12.0. The molecule has 2 N–H and O–H groups in total. The van der Waals surface area contributed by atoms with Gasteiger partial charge in [-0.2, -0.15) is 0 Å². The fourth-order valence-electron chi connectivity index (χ4n) is 1.36. The van der Waals surface area contributed by atoms with Crippen molar-refractivity contribution in [2.45, 2.75) is 27.2 Å². The smallest absolute Gasteiger partial charge is 0.239 e. The van der Waals surface area contributed by atoms with Gasteiger partial charge in [-0.3, -0.25) is 4.79 Å². The number of hydrogen-bond donors (Lipinski definition) is 2. The highest BCUT2D eigenvalue weighted by atomic mass is 16.1. The van der Waals surface area contributed by atoms with Crippen LogP contribution >= 0.6 is 0 Å². The highest BCUT2D eigenvalue weighted by molar-refractivity contribution is 5.80. The number of anilines is 1. The van der Waals surface area contributed by atoms with Crippen molar-refractivity contribution in [1.82, 2.24) is 5.32 Å². The molecule has 1 aromatic rings. The van der Waals surface area contributed by atoms with E-state index in [9.17, 15) is 4.79 Å². The average Bonchev–Trinajstić information content (AvgIpc) is 2.28. The first-order chi connectivity index (χ1) is 7.63. The van der Waals surface area contributed by atoms with Crippen LogP contribution in [-0.4, -0.2) is 19.0 Å². The van der Waals surface area contributed by atoms with E-state index in [0.29, 0.717) is 6.54 Å². The molecular formula is C13H20N2O. The van der Waals surface area contributed by atoms with E-state index in [0.717, 1.165) is 18.7 Å². The SMILES string of the molecule is CCCNC(=O)CNc1ccc(C)c(C)c1.